The summed E-state index contributed by atoms with van der Waals surface area (Å²) < 4.78 is 4.76. The monoisotopic (exact) mass is 341 g/mol. The normalized spacial score (nSPS) is 10.6. The van der Waals surface area contributed by atoms with Gasteiger partial charge in [0.15, 0.2) is 0 Å². The zero-order valence-electron chi connectivity index (χ0n) is 16.0. The first-order valence-corrected chi connectivity index (χ1v) is 10.1. The zero-order valence-corrected chi connectivity index (χ0v) is 16.0. The largest absolute Gasteiger partial charge is 0.465 e. The van der Waals surface area contributed by atoms with E-state index in [9.17, 15) is 9.59 Å². The fourth-order valence-corrected chi connectivity index (χ4v) is 2.77. The number of esters is 1. The topological polar surface area (TPSA) is 55.4 Å². The van der Waals surface area contributed by atoms with Gasteiger partial charge in [0, 0.05) is 6.42 Å². The molecule has 0 heterocycles. The molecule has 0 atom stereocenters. The van der Waals surface area contributed by atoms with Gasteiger partial charge in [0.05, 0.1) is 6.61 Å². The van der Waals surface area contributed by atoms with Crippen LogP contribution in [0.2, 0.25) is 0 Å². The molecule has 0 fully saturated rings. The highest BCUT2D eigenvalue weighted by molar-refractivity contribution is 5.81. The Morgan fingerprint density at radius 3 is 1.62 bits per heavy atom. The molecule has 0 saturated carbocycles. The molecule has 4 nitrogen and oxygen atoms in total. The van der Waals surface area contributed by atoms with Crippen LogP contribution in [-0.2, 0) is 14.3 Å². The van der Waals surface area contributed by atoms with Gasteiger partial charge in [0.2, 0.25) is 5.91 Å². The average Bonchev–Trinajstić information content (AvgIpc) is 2.57. The van der Waals surface area contributed by atoms with Crippen molar-refractivity contribution in [1.29, 1.82) is 0 Å². The molecule has 0 saturated heterocycles. The van der Waals surface area contributed by atoms with Gasteiger partial charge < -0.3 is 10.1 Å². The van der Waals surface area contributed by atoms with Crippen molar-refractivity contribution in [1.82, 2.24) is 5.32 Å². The molecular weight excluding hydrogens is 302 g/mol. The lowest BCUT2D eigenvalue weighted by atomic mass is 10.0. The number of ether oxygens (including phenoxy) is 1. The van der Waals surface area contributed by atoms with Crippen LogP contribution in [0.15, 0.2) is 0 Å². The number of carbonyl (C=O) groups is 2. The minimum Gasteiger partial charge on any atom is -0.465 e. The maximum Gasteiger partial charge on any atom is 0.325 e. The molecule has 0 unspecified atom stereocenters. The number of hydrogen-bond acceptors (Lipinski definition) is 3. The molecule has 4 heteroatoms. The van der Waals surface area contributed by atoms with Crippen molar-refractivity contribution < 1.29 is 14.3 Å². The Kier molecular flexibility index (Phi) is 17.5. The van der Waals surface area contributed by atoms with Crippen molar-refractivity contribution in [3.63, 3.8) is 0 Å². The fourth-order valence-electron chi connectivity index (χ4n) is 2.77. The molecule has 0 aliphatic heterocycles. The SMILES string of the molecule is CCCCCCCCCCCCCCCC(=O)NCC(=O)OCC. The van der Waals surface area contributed by atoms with Gasteiger partial charge in [-0.2, -0.15) is 0 Å². The van der Waals surface area contributed by atoms with Crippen molar-refractivity contribution in [2.75, 3.05) is 13.2 Å². The summed E-state index contributed by atoms with van der Waals surface area (Å²) in [6.07, 6.45) is 17.4. The van der Waals surface area contributed by atoms with Gasteiger partial charge in [-0.25, -0.2) is 0 Å². The van der Waals surface area contributed by atoms with Crippen molar-refractivity contribution in [3.05, 3.63) is 0 Å². The van der Waals surface area contributed by atoms with Gasteiger partial charge in [-0.05, 0) is 13.3 Å². The summed E-state index contributed by atoms with van der Waals surface area (Å²) in [4.78, 5) is 22.6. The van der Waals surface area contributed by atoms with E-state index >= 15 is 0 Å². The van der Waals surface area contributed by atoms with Gasteiger partial charge in [0.25, 0.3) is 0 Å². The van der Waals surface area contributed by atoms with Crippen molar-refractivity contribution >= 4 is 11.9 Å². The minimum atomic E-state index is -0.365. The third-order valence-electron chi connectivity index (χ3n) is 4.24. The minimum absolute atomic E-state index is 0.00881. The van der Waals surface area contributed by atoms with Gasteiger partial charge in [-0.15, -0.1) is 0 Å². The van der Waals surface area contributed by atoms with Crippen LogP contribution >= 0.6 is 0 Å². The van der Waals surface area contributed by atoms with Crippen LogP contribution in [-0.4, -0.2) is 25.0 Å². The average molecular weight is 342 g/mol. The molecule has 0 bridgehead atoms. The number of amides is 1. The molecule has 142 valence electrons. The Bertz CT molecular complexity index is 305. The van der Waals surface area contributed by atoms with Crippen LogP contribution in [0.4, 0.5) is 0 Å². The highest BCUT2D eigenvalue weighted by Crippen LogP contribution is 2.12. The molecule has 1 amide bonds. The van der Waals surface area contributed by atoms with Gasteiger partial charge in [-0.3, -0.25) is 9.59 Å². The smallest absolute Gasteiger partial charge is 0.325 e. The van der Waals surface area contributed by atoms with E-state index in [4.69, 9.17) is 4.74 Å². The van der Waals surface area contributed by atoms with Crippen LogP contribution < -0.4 is 5.32 Å². The second kappa shape index (κ2) is 18.3. The Balaban J connectivity index is 3.19. The van der Waals surface area contributed by atoms with E-state index in [0.29, 0.717) is 13.0 Å². The van der Waals surface area contributed by atoms with Gasteiger partial charge in [-0.1, -0.05) is 84.0 Å². The van der Waals surface area contributed by atoms with E-state index in [1.165, 1.54) is 70.6 Å². The van der Waals surface area contributed by atoms with Gasteiger partial charge in [0.1, 0.15) is 6.54 Å². The Morgan fingerprint density at radius 1 is 0.708 bits per heavy atom. The molecule has 0 rings (SSSR count). The maximum absolute atomic E-state index is 11.5. The van der Waals surface area contributed by atoms with Crippen molar-refractivity contribution in [3.8, 4) is 0 Å². The highest BCUT2D eigenvalue weighted by atomic mass is 16.5. The van der Waals surface area contributed by atoms with E-state index in [0.717, 1.165) is 12.8 Å². The number of nitrogens with one attached hydrogen (secondary N) is 1. The number of rotatable bonds is 17. The fraction of sp³-hybridized carbons (Fsp3) is 0.900. The molecule has 0 radical (unpaired) electrons. The first kappa shape index (κ1) is 22.9. The predicted molar refractivity (Wildman–Crippen MR) is 100.0 cm³/mol. The lowest BCUT2D eigenvalue weighted by Gasteiger charge is -2.05. The second-order valence-corrected chi connectivity index (χ2v) is 6.57. The van der Waals surface area contributed by atoms with E-state index in [2.05, 4.69) is 12.2 Å². The summed E-state index contributed by atoms with van der Waals surface area (Å²) in [6, 6.07) is 0. The third-order valence-corrected chi connectivity index (χ3v) is 4.24. The standard InChI is InChI=1S/C20H39NO3/c1-3-5-6-7-8-9-10-11-12-13-14-15-16-17-19(22)21-18-20(23)24-4-2/h3-18H2,1-2H3,(H,21,22). The zero-order chi connectivity index (χ0) is 17.9. The van der Waals surface area contributed by atoms with E-state index in [1.54, 1.807) is 6.92 Å². The molecular formula is C20H39NO3. The predicted octanol–water partition coefficient (Wildman–Crippen LogP) is 5.15. The summed E-state index contributed by atoms with van der Waals surface area (Å²) in [5.41, 5.74) is 0. The summed E-state index contributed by atoms with van der Waals surface area (Å²) in [5, 5.41) is 2.60. The van der Waals surface area contributed by atoms with Crippen molar-refractivity contribution in [2.24, 2.45) is 0 Å². The van der Waals surface area contributed by atoms with Crippen LogP contribution in [0.5, 0.6) is 0 Å². The molecule has 0 spiro atoms. The molecule has 0 aliphatic rings. The van der Waals surface area contributed by atoms with Crippen LogP contribution in [0.3, 0.4) is 0 Å². The van der Waals surface area contributed by atoms with Crippen LogP contribution in [0, 0.1) is 0 Å². The van der Waals surface area contributed by atoms with E-state index < -0.39 is 0 Å². The highest BCUT2D eigenvalue weighted by Gasteiger charge is 2.05. The van der Waals surface area contributed by atoms with E-state index in [-0.39, 0.29) is 18.4 Å². The Hall–Kier alpha value is -1.06. The first-order valence-electron chi connectivity index (χ1n) is 10.1. The molecule has 0 aromatic heterocycles. The third kappa shape index (κ3) is 17.3. The number of hydrogen-bond donors (Lipinski definition) is 1. The van der Waals surface area contributed by atoms with Crippen LogP contribution in [0.25, 0.3) is 0 Å². The number of carbonyl (C=O) groups excluding carboxylic acids is 2. The van der Waals surface area contributed by atoms with Gasteiger partial charge >= 0.3 is 5.97 Å². The summed E-state index contributed by atoms with van der Waals surface area (Å²) in [5.74, 6) is -0.415. The molecule has 0 aliphatic carbocycles. The molecule has 0 aromatic rings. The summed E-state index contributed by atoms with van der Waals surface area (Å²) in [6.45, 7) is 4.36. The summed E-state index contributed by atoms with van der Waals surface area (Å²) in [7, 11) is 0. The maximum atomic E-state index is 11.5. The second-order valence-electron chi connectivity index (χ2n) is 6.57. The Labute approximate surface area is 149 Å². The molecule has 0 aromatic carbocycles. The molecule has 1 N–H and O–H groups in total. The quantitative estimate of drug-likeness (QED) is 0.294. The van der Waals surface area contributed by atoms with E-state index in [1.807, 2.05) is 0 Å². The lowest BCUT2D eigenvalue weighted by Crippen LogP contribution is -2.30. The Morgan fingerprint density at radius 2 is 1.17 bits per heavy atom. The number of unbranched alkanes of at least 4 members (excludes halogenated alkanes) is 12. The lowest BCUT2D eigenvalue weighted by molar-refractivity contribution is -0.143. The van der Waals surface area contributed by atoms with Crippen LogP contribution in [0.1, 0.15) is 104 Å². The van der Waals surface area contributed by atoms with Crippen molar-refractivity contribution in [2.45, 2.75) is 104 Å². The summed E-state index contributed by atoms with van der Waals surface area (Å²) >= 11 is 0. The first-order chi connectivity index (χ1) is 11.7. The molecule has 24 heavy (non-hydrogen) atoms.